The minimum Gasteiger partial charge on any atom is -0.460 e. The molecular formula is C24H30N4O7. The molecule has 11 nitrogen and oxygen atoms in total. The minimum absolute atomic E-state index is 0.0633. The summed E-state index contributed by atoms with van der Waals surface area (Å²) in [6.45, 7) is 5.79. The molecule has 3 rings (SSSR count). The van der Waals surface area contributed by atoms with E-state index < -0.39 is 10.9 Å². The monoisotopic (exact) mass is 486 g/mol. The summed E-state index contributed by atoms with van der Waals surface area (Å²) in [7, 11) is 1.49. The summed E-state index contributed by atoms with van der Waals surface area (Å²) in [5.41, 5.74) is 1.84. The van der Waals surface area contributed by atoms with Crippen molar-refractivity contribution in [2.24, 2.45) is 0 Å². The predicted molar refractivity (Wildman–Crippen MR) is 129 cm³/mol. The van der Waals surface area contributed by atoms with Crippen molar-refractivity contribution >= 4 is 29.1 Å². The number of nitro groups is 1. The largest absolute Gasteiger partial charge is 0.460 e. The smallest absolute Gasteiger partial charge is 0.409 e. The molecule has 0 unspecified atom stereocenters. The molecule has 0 radical (unpaired) electrons. The van der Waals surface area contributed by atoms with Gasteiger partial charge in [-0.05, 0) is 36.8 Å². The molecule has 1 saturated heterocycles. The maximum atomic E-state index is 12.1. The fraction of sp³-hybridized carbons (Fsp3) is 0.417. The van der Waals surface area contributed by atoms with E-state index in [-0.39, 0.29) is 36.2 Å². The first-order valence-electron chi connectivity index (χ1n) is 11.4. The van der Waals surface area contributed by atoms with E-state index in [0.717, 1.165) is 18.7 Å². The number of benzene rings is 2. The van der Waals surface area contributed by atoms with Gasteiger partial charge < -0.3 is 24.4 Å². The Labute approximate surface area is 203 Å². The normalized spacial score (nSPS) is 13.8. The molecule has 2 aromatic rings. The van der Waals surface area contributed by atoms with Crippen molar-refractivity contribution in [2.75, 3.05) is 58.4 Å². The lowest BCUT2D eigenvalue weighted by Crippen LogP contribution is -2.48. The van der Waals surface area contributed by atoms with Gasteiger partial charge in [0.2, 0.25) is 0 Å². The van der Waals surface area contributed by atoms with Gasteiger partial charge in [0.25, 0.3) is 5.69 Å². The van der Waals surface area contributed by atoms with E-state index in [9.17, 15) is 19.7 Å². The first-order chi connectivity index (χ1) is 16.9. The van der Waals surface area contributed by atoms with Gasteiger partial charge in [0.1, 0.15) is 12.3 Å². The number of piperazine rings is 1. The van der Waals surface area contributed by atoms with Crippen molar-refractivity contribution in [1.29, 1.82) is 0 Å². The molecule has 0 spiro atoms. The van der Waals surface area contributed by atoms with Crippen molar-refractivity contribution in [3.05, 3.63) is 63.7 Å². The van der Waals surface area contributed by atoms with Crippen LogP contribution in [-0.2, 0) is 20.8 Å². The Balaban J connectivity index is 1.64. The van der Waals surface area contributed by atoms with E-state index in [1.165, 1.54) is 25.3 Å². The molecule has 1 aliphatic rings. The number of carbonyl (C=O) groups is 2. The second-order valence-electron chi connectivity index (χ2n) is 7.91. The maximum Gasteiger partial charge on any atom is 0.409 e. The van der Waals surface area contributed by atoms with Crippen molar-refractivity contribution in [3.63, 3.8) is 0 Å². The molecule has 11 heteroatoms. The first-order valence-corrected chi connectivity index (χ1v) is 11.4. The number of carbonyl (C=O) groups excluding carboxylic acids is 2. The second kappa shape index (κ2) is 12.7. The Bertz CT molecular complexity index is 1040. The van der Waals surface area contributed by atoms with Crippen molar-refractivity contribution in [3.8, 4) is 0 Å². The summed E-state index contributed by atoms with van der Waals surface area (Å²) in [5, 5.41) is 14.7. The van der Waals surface area contributed by atoms with Crippen LogP contribution in [0.4, 0.5) is 21.9 Å². The van der Waals surface area contributed by atoms with Gasteiger partial charge in [0, 0.05) is 51.6 Å². The van der Waals surface area contributed by atoms with E-state index in [4.69, 9.17) is 14.2 Å². The second-order valence-corrected chi connectivity index (χ2v) is 7.91. The Kier molecular flexibility index (Phi) is 9.39. The number of nitrogens with one attached hydrogen (secondary N) is 1. The number of rotatable bonds is 10. The molecule has 2 aromatic carbocycles. The zero-order valence-corrected chi connectivity index (χ0v) is 19.9. The van der Waals surface area contributed by atoms with E-state index in [2.05, 4.69) is 10.2 Å². The molecule has 0 aromatic heterocycles. The quantitative estimate of drug-likeness (QED) is 0.233. The van der Waals surface area contributed by atoms with Gasteiger partial charge in [0.15, 0.2) is 0 Å². The summed E-state index contributed by atoms with van der Waals surface area (Å²) in [6, 6.07) is 11.8. The maximum absolute atomic E-state index is 12.1. The van der Waals surface area contributed by atoms with E-state index in [1.807, 2.05) is 24.3 Å². The van der Waals surface area contributed by atoms with Gasteiger partial charge in [0.05, 0.1) is 23.7 Å². The average molecular weight is 487 g/mol. The summed E-state index contributed by atoms with van der Waals surface area (Å²) in [4.78, 5) is 39.0. The van der Waals surface area contributed by atoms with Crippen LogP contribution in [-0.4, -0.2) is 79.9 Å². The van der Waals surface area contributed by atoms with Crippen LogP contribution in [0.15, 0.2) is 42.5 Å². The van der Waals surface area contributed by atoms with Gasteiger partial charge in [-0.3, -0.25) is 15.0 Å². The predicted octanol–water partition coefficient (Wildman–Crippen LogP) is 3.42. The molecule has 188 valence electrons. The lowest BCUT2D eigenvalue weighted by atomic mass is 10.1. The van der Waals surface area contributed by atoms with Gasteiger partial charge in [-0.1, -0.05) is 12.1 Å². The Hall–Kier alpha value is -3.70. The number of anilines is 2. The summed E-state index contributed by atoms with van der Waals surface area (Å²) in [6.07, 6.45) is -0.283. The minimum atomic E-state index is -0.651. The number of methoxy groups -OCH3 is 1. The molecule has 0 saturated carbocycles. The van der Waals surface area contributed by atoms with Crippen LogP contribution in [0.25, 0.3) is 0 Å². The summed E-state index contributed by atoms with van der Waals surface area (Å²) >= 11 is 0. The number of ether oxygens (including phenoxy) is 3. The molecule has 1 fully saturated rings. The summed E-state index contributed by atoms with van der Waals surface area (Å²) < 4.78 is 14.9. The lowest BCUT2D eigenvalue weighted by Gasteiger charge is -2.34. The molecule has 1 heterocycles. The zero-order valence-electron chi connectivity index (χ0n) is 19.9. The van der Waals surface area contributed by atoms with Crippen LogP contribution in [0, 0.1) is 10.1 Å². The number of amides is 1. The van der Waals surface area contributed by atoms with Crippen LogP contribution in [0.5, 0.6) is 0 Å². The highest BCUT2D eigenvalue weighted by molar-refractivity contribution is 5.91. The molecule has 35 heavy (non-hydrogen) atoms. The van der Waals surface area contributed by atoms with Crippen LogP contribution in [0.3, 0.4) is 0 Å². The van der Waals surface area contributed by atoms with Crippen LogP contribution in [0.2, 0.25) is 0 Å². The number of hydrogen-bond acceptors (Lipinski definition) is 9. The number of hydrogen-bond donors (Lipinski definition) is 1. The molecule has 1 N–H and O–H groups in total. The van der Waals surface area contributed by atoms with Crippen LogP contribution < -0.4 is 5.32 Å². The van der Waals surface area contributed by atoms with Gasteiger partial charge in [-0.2, -0.15) is 0 Å². The zero-order chi connectivity index (χ0) is 25.2. The van der Waals surface area contributed by atoms with Gasteiger partial charge in [-0.25, -0.2) is 9.59 Å². The summed E-state index contributed by atoms with van der Waals surface area (Å²) in [5.74, 6) is -0.651. The average Bonchev–Trinajstić information content (AvgIpc) is 2.85. The third-order valence-electron chi connectivity index (χ3n) is 5.46. The standard InChI is InChI=1S/C24H30N4O7/c1-3-34-24(30)27-11-9-26(10-12-27)17-18-5-4-6-20(15-18)25-21-8-7-19(16-22(21)28(31)32)23(29)35-14-13-33-2/h4-8,15-16,25H,3,9-14,17H2,1-2H3. The van der Waals surface area contributed by atoms with Gasteiger partial charge >= 0.3 is 12.1 Å². The number of esters is 1. The van der Waals surface area contributed by atoms with Crippen LogP contribution >= 0.6 is 0 Å². The molecule has 0 aliphatic carbocycles. The highest BCUT2D eigenvalue weighted by Gasteiger charge is 2.22. The van der Waals surface area contributed by atoms with Crippen molar-refractivity contribution in [1.82, 2.24) is 9.80 Å². The highest BCUT2D eigenvalue weighted by Crippen LogP contribution is 2.29. The molecule has 1 aliphatic heterocycles. The first kappa shape index (κ1) is 25.9. The Morgan fingerprint density at radius 3 is 2.51 bits per heavy atom. The third-order valence-corrected chi connectivity index (χ3v) is 5.46. The molecule has 1 amide bonds. The van der Waals surface area contributed by atoms with E-state index in [1.54, 1.807) is 11.8 Å². The molecule has 0 bridgehead atoms. The number of nitro benzene ring substituents is 1. The highest BCUT2D eigenvalue weighted by atomic mass is 16.6. The third kappa shape index (κ3) is 7.39. The van der Waals surface area contributed by atoms with Crippen molar-refractivity contribution < 1.29 is 28.7 Å². The van der Waals surface area contributed by atoms with Crippen molar-refractivity contribution in [2.45, 2.75) is 13.5 Å². The van der Waals surface area contributed by atoms with Gasteiger partial charge in [-0.15, -0.1) is 0 Å². The van der Waals surface area contributed by atoms with E-state index in [0.29, 0.717) is 31.9 Å². The topological polar surface area (TPSA) is 123 Å². The Morgan fingerprint density at radius 2 is 1.83 bits per heavy atom. The fourth-order valence-corrected chi connectivity index (χ4v) is 3.68. The van der Waals surface area contributed by atoms with Crippen LogP contribution in [0.1, 0.15) is 22.8 Å². The SMILES string of the molecule is CCOC(=O)N1CCN(Cc2cccc(Nc3ccc(C(=O)OCCOC)cc3[N+](=O)[O-])c2)CC1. The fourth-order valence-electron chi connectivity index (χ4n) is 3.68. The van der Waals surface area contributed by atoms with E-state index >= 15 is 0 Å². The number of nitrogens with zero attached hydrogens (tertiary/aromatic N) is 3. The Morgan fingerprint density at radius 1 is 1.06 bits per heavy atom. The molecular weight excluding hydrogens is 456 g/mol. The molecule has 0 atom stereocenters. The lowest BCUT2D eigenvalue weighted by molar-refractivity contribution is -0.383.